The highest BCUT2D eigenvalue weighted by atomic mass is 16.5. The molecule has 1 atom stereocenters. The fourth-order valence-electron chi connectivity index (χ4n) is 4.29. The summed E-state index contributed by atoms with van der Waals surface area (Å²) in [6, 6.07) is 11.1. The zero-order valence-electron chi connectivity index (χ0n) is 16.2. The van der Waals surface area contributed by atoms with Gasteiger partial charge in [-0.2, -0.15) is 0 Å². The van der Waals surface area contributed by atoms with Gasteiger partial charge in [0, 0.05) is 32.1 Å². The van der Waals surface area contributed by atoms with Crippen LogP contribution in [0.5, 0.6) is 0 Å². The van der Waals surface area contributed by atoms with Gasteiger partial charge in [0.2, 0.25) is 5.91 Å². The summed E-state index contributed by atoms with van der Waals surface area (Å²) in [5.41, 5.74) is 1.46. The Hall–Kier alpha value is -1.39. The van der Waals surface area contributed by atoms with Crippen LogP contribution < -0.4 is 5.32 Å². The van der Waals surface area contributed by atoms with Crippen molar-refractivity contribution in [3.63, 3.8) is 0 Å². The lowest BCUT2D eigenvalue weighted by Crippen LogP contribution is -2.40. The molecule has 1 unspecified atom stereocenters. The molecule has 1 saturated heterocycles. The van der Waals surface area contributed by atoms with Crippen LogP contribution in [0.25, 0.3) is 0 Å². The van der Waals surface area contributed by atoms with Gasteiger partial charge in [0.15, 0.2) is 0 Å². The number of ether oxygens (including phenoxy) is 1. The first-order valence-electron chi connectivity index (χ1n) is 10.3. The Morgan fingerprint density at radius 1 is 1.15 bits per heavy atom. The highest BCUT2D eigenvalue weighted by Gasteiger charge is 2.24. The molecule has 1 aliphatic carbocycles. The second-order valence-corrected chi connectivity index (χ2v) is 8.04. The molecule has 2 fully saturated rings. The fraction of sp³-hybridized carbons (Fsp3) is 0.682. The summed E-state index contributed by atoms with van der Waals surface area (Å²) in [4.78, 5) is 14.8. The number of benzene rings is 1. The van der Waals surface area contributed by atoms with E-state index in [1.807, 2.05) is 0 Å². The number of amides is 1. The number of nitrogens with one attached hydrogen (secondary N) is 1. The van der Waals surface area contributed by atoms with Crippen molar-refractivity contribution in [1.82, 2.24) is 10.2 Å². The van der Waals surface area contributed by atoms with Gasteiger partial charge in [0.1, 0.15) is 0 Å². The zero-order chi connectivity index (χ0) is 18.2. The molecule has 0 radical (unpaired) electrons. The predicted molar refractivity (Wildman–Crippen MR) is 105 cm³/mol. The molecule has 1 heterocycles. The third-order valence-electron chi connectivity index (χ3n) is 5.98. The highest BCUT2D eigenvalue weighted by Crippen LogP contribution is 2.36. The molecule has 0 spiro atoms. The van der Waals surface area contributed by atoms with E-state index in [-0.39, 0.29) is 11.9 Å². The van der Waals surface area contributed by atoms with Gasteiger partial charge >= 0.3 is 0 Å². The average molecular weight is 359 g/mol. The maximum Gasteiger partial charge on any atom is 0.220 e. The molecule has 26 heavy (non-hydrogen) atoms. The molecule has 1 saturated carbocycles. The van der Waals surface area contributed by atoms with Gasteiger partial charge in [0.25, 0.3) is 0 Å². The number of rotatable bonds is 7. The maximum absolute atomic E-state index is 12.4. The van der Waals surface area contributed by atoms with Gasteiger partial charge in [-0.1, -0.05) is 30.3 Å². The van der Waals surface area contributed by atoms with Crippen molar-refractivity contribution in [2.45, 2.75) is 57.4 Å². The van der Waals surface area contributed by atoms with E-state index in [1.54, 1.807) is 0 Å². The van der Waals surface area contributed by atoms with E-state index in [0.717, 1.165) is 39.3 Å². The first kappa shape index (κ1) is 19.4. The van der Waals surface area contributed by atoms with Gasteiger partial charge in [-0.05, 0) is 56.4 Å². The summed E-state index contributed by atoms with van der Waals surface area (Å²) >= 11 is 0. The van der Waals surface area contributed by atoms with Crippen LogP contribution in [0.3, 0.4) is 0 Å². The highest BCUT2D eigenvalue weighted by molar-refractivity contribution is 5.76. The second kappa shape index (κ2) is 10.1. The van der Waals surface area contributed by atoms with Crippen molar-refractivity contribution in [1.29, 1.82) is 0 Å². The standard InChI is InChI=1S/C22H34N2O2/c1-18(11-12-24-13-15-26-16-14-24)23-22(25)17-19-7-9-21(10-8-19)20-5-3-2-4-6-20/h2-6,18-19,21H,7-17H2,1H3,(H,23,25). The van der Waals surface area contributed by atoms with Crippen molar-refractivity contribution >= 4 is 5.91 Å². The molecule has 2 aliphatic rings. The monoisotopic (exact) mass is 358 g/mol. The smallest absolute Gasteiger partial charge is 0.220 e. The zero-order valence-corrected chi connectivity index (χ0v) is 16.2. The minimum atomic E-state index is 0.239. The number of nitrogens with zero attached hydrogens (tertiary/aromatic N) is 1. The number of carbonyl (C=O) groups is 1. The lowest BCUT2D eigenvalue weighted by atomic mass is 9.77. The molecule has 0 aromatic heterocycles. The van der Waals surface area contributed by atoms with Crippen molar-refractivity contribution < 1.29 is 9.53 Å². The lowest BCUT2D eigenvalue weighted by Gasteiger charge is -2.29. The van der Waals surface area contributed by atoms with Gasteiger partial charge < -0.3 is 10.1 Å². The molecule has 1 aliphatic heterocycles. The molecule has 4 heteroatoms. The van der Waals surface area contributed by atoms with Crippen LogP contribution in [0.15, 0.2) is 30.3 Å². The molecule has 4 nitrogen and oxygen atoms in total. The number of hydrogen-bond acceptors (Lipinski definition) is 3. The minimum absolute atomic E-state index is 0.239. The molecule has 1 aromatic carbocycles. The summed E-state index contributed by atoms with van der Waals surface area (Å²) in [5.74, 6) is 1.48. The van der Waals surface area contributed by atoms with Crippen LogP contribution in [0.4, 0.5) is 0 Å². The van der Waals surface area contributed by atoms with Crippen molar-refractivity contribution in [3.05, 3.63) is 35.9 Å². The Bertz CT molecular complexity index is 534. The van der Waals surface area contributed by atoms with Gasteiger partial charge in [-0.25, -0.2) is 0 Å². The molecular formula is C22H34N2O2. The topological polar surface area (TPSA) is 41.6 Å². The predicted octanol–water partition coefficient (Wildman–Crippen LogP) is 3.58. The van der Waals surface area contributed by atoms with E-state index in [4.69, 9.17) is 4.74 Å². The van der Waals surface area contributed by atoms with Crippen LogP contribution in [0.2, 0.25) is 0 Å². The Kier molecular flexibility index (Phi) is 7.51. The lowest BCUT2D eigenvalue weighted by molar-refractivity contribution is -0.122. The molecule has 0 bridgehead atoms. The summed E-state index contributed by atoms with van der Waals surface area (Å²) in [7, 11) is 0. The quantitative estimate of drug-likeness (QED) is 0.810. The largest absolute Gasteiger partial charge is 0.379 e. The minimum Gasteiger partial charge on any atom is -0.379 e. The first-order valence-corrected chi connectivity index (χ1v) is 10.3. The number of morpholine rings is 1. The van der Waals surface area contributed by atoms with E-state index in [1.165, 1.54) is 31.2 Å². The third-order valence-corrected chi connectivity index (χ3v) is 5.98. The summed E-state index contributed by atoms with van der Waals surface area (Å²) in [6.45, 7) is 6.90. The van der Waals surface area contributed by atoms with Gasteiger partial charge in [0.05, 0.1) is 13.2 Å². The number of carbonyl (C=O) groups excluding carboxylic acids is 1. The average Bonchev–Trinajstić information content (AvgIpc) is 2.68. The van der Waals surface area contributed by atoms with Crippen molar-refractivity contribution in [2.24, 2.45) is 5.92 Å². The van der Waals surface area contributed by atoms with Crippen molar-refractivity contribution in [3.8, 4) is 0 Å². The van der Waals surface area contributed by atoms with E-state index >= 15 is 0 Å². The molecule has 1 N–H and O–H groups in total. The Balaban J connectivity index is 1.32. The maximum atomic E-state index is 12.4. The second-order valence-electron chi connectivity index (χ2n) is 8.04. The van der Waals surface area contributed by atoms with Crippen LogP contribution >= 0.6 is 0 Å². The molecule has 1 aromatic rings. The molecule has 1 amide bonds. The number of hydrogen-bond donors (Lipinski definition) is 1. The first-order chi connectivity index (χ1) is 12.7. The Labute approximate surface area is 158 Å². The molecule has 144 valence electrons. The molecule has 3 rings (SSSR count). The summed E-state index contributed by atoms with van der Waals surface area (Å²) in [6.07, 6.45) is 6.50. The SMILES string of the molecule is CC(CCN1CCOCC1)NC(=O)CC1CCC(c2ccccc2)CC1. The van der Waals surface area contributed by atoms with E-state index in [2.05, 4.69) is 47.5 Å². The van der Waals surface area contributed by atoms with E-state index in [0.29, 0.717) is 18.3 Å². The fourth-order valence-corrected chi connectivity index (χ4v) is 4.29. The van der Waals surface area contributed by atoms with E-state index in [9.17, 15) is 4.79 Å². The van der Waals surface area contributed by atoms with Crippen LogP contribution in [-0.4, -0.2) is 49.7 Å². The van der Waals surface area contributed by atoms with Crippen LogP contribution in [-0.2, 0) is 9.53 Å². The van der Waals surface area contributed by atoms with Crippen LogP contribution in [0.1, 0.15) is 56.9 Å². The van der Waals surface area contributed by atoms with Gasteiger partial charge in [-0.15, -0.1) is 0 Å². The summed E-state index contributed by atoms with van der Waals surface area (Å²) in [5, 5.41) is 3.21. The normalized spacial score (nSPS) is 25.6. The van der Waals surface area contributed by atoms with Gasteiger partial charge in [-0.3, -0.25) is 9.69 Å². The third kappa shape index (κ3) is 6.10. The summed E-state index contributed by atoms with van der Waals surface area (Å²) < 4.78 is 5.38. The Morgan fingerprint density at radius 3 is 2.54 bits per heavy atom. The van der Waals surface area contributed by atoms with Crippen LogP contribution in [0, 0.1) is 5.92 Å². The Morgan fingerprint density at radius 2 is 1.85 bits per heavy atom. The van der Waals surface area contributed by atoms with Crippen molar-refractivity contribution in [2.75, 3.05) is 32.8 Å². The molecular weight excluding hydrogens is 324 g/mol. The van der Waals surface area contributed by atoms with E-state index < -0.39 is 0 Å².